The van der Waals surface area contributed by atoms with Crippen molar-refractivity contribution in [3.05, 3.63) is 0 Å². The molecule has 4 heteroatoms. The van der Waals surface area contributed by atoms with Gasteiger partial charge in [-0.25, -0.2) is 0 Å². The van der Waals surface area contributed by atoms with Gasteiger partial charge in [-0.05, 0) is 39.5 Å². The number of ether oxygens (including phenoxy) is 1. The van der Waals surface area contributed by atoms with Gasteiger partial charge in [0.1, 0.15) is 0 Å². The van der Waals surface area contributed by atoms with Gasteiger partial charge in [-0.15, -0.1) is 0 Å². The van der Waals surface area contributed by atoms with E-state index in [2.05, 4.69) is 22.9 Å². The zero-order valence-electron chi connectivity index (χ0n) is 10.6. The van der Waals surface area contributed by atoms with Crippen LogP contribution in [0.5, 0.6) is 0 Å². The van der Waals surface area contributed by atoms with E-state index in [9.17, 15) is 4.79 Å². The number of rotatable bonds is 6. The van der Waals surface area contributed by atoms with Crippen molar-refractivity contribution in [3.8, 4) is 0 Å². The SMILES string of the molecule is COCCN(C(=O)C(C)(C)Br)C(C)C1CC1. The molecule has 1 saturated carbocycles. The Kier molecular flexibility index (Phi) is 4.80. The largest absolute Gasteiger partial charge is 0.383 e. The van der Waals surface area contributed by atoms with E-state index in [1.165, 1.54) is 12.8 Å². The predicted octanol–water partition coefficient (Wildman–Crippen LogP) is 2.43. The standard InChI is InChI=1S/C12H22BrNO2/c1-9(10-5-6-10)14(7-8-16-4)11(15)12(2,3)13/h9-10H,5-8H2,1-4H3. The van der Waals surface area contributed by atoms with Crippen LogP contribution in [0.1, 0.15) is 33.6 Å². The lowest BCUT2D eigenvalue weighted by atomic mass is 10.1. The van der Waals surface area contributed by atoms with Crippen LogP contribution in [-0.2, 0) is 9.53 Å². The Morgan fingerprint density at radius 2 is 2.12 bits per heavy atom. The van der Waals surface area contributed by atoms with Crippen molar-refractivity contribution in [1.82, 2.24) is 4.90 Å². The van der Waals surface area contributed by atoms with E-state index in [4.69, 9.17) is 4.74 Å². The summed E-state index contributed by atoms with van der Waals surface area (Å²) in [7, 11) is 1.67. The number of nitrogens with zero attached hydrogens (tertiary/aromatic N) is 1. The number of hydrogen-bond acceptors (Lipinski definition) is 2. The zero-order valence-corrected chi connectivity index (χ0v) is 12.2. The van der Waals surface area contributed by atoms with E-state index >= 15 is 0 Å². The molecule has 16 heavy (non-hydrogen) atoms. The van der Waals surface area contributed by atoms with Gasteiger partial charge in [0.2, 0.25) is 5.91 Å². The number of methoxy groups -OCH3 is 1. The molecule has 1 amide bonds. The van der Waals surface area contributed by atoms with Gasteiger partial charge in [0.05, 0.1) is 10.9 Å². The molecule has 3 nitrogen and oxygen atoms in total. The molecule has 1 aliphatic rings. The summed E-state index contributed by atoms with van der Waals surface area (Å²) in [6.07, 6.45) is 2.50. The number of carbonyl (C=O) groups is 1. The fourth-order valence-electron chi connectivity index (χ4n) is 1.85. The number of halogens is 1. The maximum atomic E-state index is 12.3. The second-order valence-corrected chi connectivity index (χ2v) is 7.02. The minimum Gasteiger partial charge on any atom is -0.383 e. The molecule has 0 heterocycles. The molecule has 0 N–H and O–H groups in total. The first-order valence-electron chi connectivity index (χ1n) is 5.87. The highest BCUT2D eigenvalue weighted by Crippen LogP contribution is 2.36. The number of hydrogen-bond donors (Lipinski definition) is 0. The average Bonchev–Trinajstić information content (AvgIpc) is 2.99. The van der Waals surface area contributed by atoms with Crippen LogP contribution in [0, 0.1) is 5.92 Å². The molecule has 0 spiro atoms. The van der Waals surface area contributed by atoms with Gasteiger partial charge in [-0.2, -0.15) is 0 Å². The van der Waals surface area contributed by atoms with Crippen molar-refractivity contribution in [1.29, 1.82) is 0 Å². The molecule has 0 aromatic heterocycles. The smallest absolute Gasteiger partial charge is 0.239 e. The van der Waals surface area contributed by atoms with Gasteiger partial charge in [0.15, 0.2) is 0 Å². The minimum absolute atomic E-state index is 0.156. The van der Waals surface area contributed by atoms with Crippen molar-refractivity contribution in [3.63, 3.8) is 0 Å². The van der Waals surface area contributed by atoms with Crippen LogP contribution in [0.4, 0.5) is 0 Å². The Morgan fingerprint density at radius 1 is 1.56 bits per heavy atom. The highest BCUT2D eigenvalue weighted by molar-refractivity contribution is 9.10. The van der Waals surface area contributed by atoms with Crippen LogP contribution in [0.2, 0.25) is 0 Å². The average molecular weight is 292 g/mol. The monoisotopic (exact) mass is 291 g/mol. The molecule has 0 aromatic rings. The van der Waals surface area contributed by atoms with E-state index in [1.807, 2.05) is 18.7 Å². The van der Waals surface area contributed by atoms with E-state index in [-0.39, 0.29) is 5.91 Å². The zero-order chi connectivity index (χ0) is 12.3. The Labute approximate surface area is 107 Å². The molecule has 1 aliphatic carbocycles. The molecule has 0 aromatic carbocycles. The number of alkyl halides is 1. The van der Waals surface area contributed by atoms with Crippen molar-refractivity contribution in [2.75, 3.05) is 20.3 Å². The second kappa shape index (κ2) is 5.50. The summed E-state index contributed by atoms with van der Waals surface area (Å²) in [5, 5.41) is 0. The lowest BCUT2D eigenvalue weighted by Crippen LogP contribution is -2.48. The van der Waals surface area contributed by atoms with E-state index in [0.717, 1.165) is 0 Å². The molecular weight excluding hydrogens is 270 g/mol. The third-order valence-corrected chi connectivity index (χ3v) is 3.44. The summed E-state index contributed by atoms with van der Waals surface area (Å²) in [4.78, 5) is 14.2. The summed E-state index contributed by atoms with van der Waals surface area (Å²) in [5.41, 5.74) is 0. The van der Waals surface area contributed by atoms with Crippen LogP contribution >= 0.6 is 15.9 Å². The van der Waals surface area contributed by atoms with Crippen molar-refractivity contribution in [2.24, 2.45) is 5.92 Å². The molecule has 1 fully saturated rings. The lowest BCUT2D eigenvalue weighted by molar-refractivity contribution is -0.136. The maximum Gasteiger partial charge on any atom is 0.239 e. The Bertz CT molecular complexity index is 246. The Morgan fingerprint density at radius 3 is 2.50 bits per heavy atom. The highest BCUT2D eigenvalue weighted by atomic mass is 79.9. The summed E-state index contributed by atoms with van der Waals surface area (Å²) in [6, 6.07) is 0.333. The molecule has 0 saturated heterocycles. The van der Waals surface area contributed by atoms with Gasteiger partial charge in [0.25, 0.3) is 0 Å². The Balaban J connectivity index is 2.65. The first-order chi connectivity index (χ1) is 7.38. The molecule has 94 valence electrons. The molecule has 0 radical (unpaired) electrons. The number of amides is 1. The van der Waals surface area contributed by atoms with Gasteiger partial charge >= 0.3 is 0 Å². The van der Waals surface area contributed by atoms with Crippen LogP contribution in [0.15, 0.2) is 0 Å². The normalized spacial score (nSPS) is 18.3. The third-order valence-electron chi connectivity index (χ3n) is 3.10. The van der Waals surface area contributed by atoms with E-state index in [1.54, 1.807) is 7.11 Å². The maximum absolute atomic E-state index is 12.3. The van der Waals surface area contributed by atoms with Gasteiger partial charge in [-0.3, -0.25) is 4.79 Å². The molecule has 1 unspecified atom stereocenters. The minimum atomic E-state index is -0.482. The van der Waals surface area contributed by atoms with Gasteiger partial charge in [0, 0.05) is 19.7 Å². The molecule has 0 bridgehead atoms. The molecule has 1 atom stereocenters. The van der Waals surface area contributed by atoms with E-state index in [0.29, 0.717) is 25.1 Å². The summed E-state index contributed by atoms with van der Waals surface area (Å²) in [5.74, 6) is 0.847. The van der Waals surface area contributed by atoms with Crippen LogP contribution < -0.4 is 0 Å². The summed E-state index contributed by atoms with van der Waals surface area (Å²) < 4.78 is 4.59. The van der Waals surface area contributed by atoms with Gasteiger partial charge in [-0.1, -0.05) is 15.9 Å². The van der Waals surface area contributed by atoms with E-state index < -0.39 is 4.32 Å². The van der Waals surface area contributed by atoms with Crippen molar-refractivity contribution >= 4 is 21.8 Å². The lowest BCUT2D eigenvalue weighted by Gasteiger charge is -2.33. The quantitative estimate of drug-likeness (QED) is 0.704. The summed E-state index contributed by atoms with van der Waals surface area (Å²) >= 11 is 3.44. The topological polar surface area (TPSA) is 29.5 Å². The first kappa shape index (κ1) is 14.0. The van der Waals surface area contributed by atoms with Gasteiger partial charge < -0.3 is 9.64 Å². The Hall–Kier alpha value is -0.0900. The fourth-order valence-corrected chi connectivity index (χ4v) is 2.08. The molecular formula is C12H22BrNO2. The molecule has 0 aliphatic heterocycles. The predicted molar refractivity (Wildman–Crippen MR) is 68.8 cm³/mol. The van der Waals surface area contributed by atoms with Crippen LogP contribution in [0.25, 0.3) is 0 Å². The van der Waals surface area contributed by atoms with Crippen molar-refractivity contribution in [2.45, 2.75) is 44.0 Å². The van der Waals surface area contributed by atoms with Crippen LogP contribution in [-0.4, -0.2) is 41.4 Å². The third kappa shape index (κ3) is 3.74. The van der Waals surface area contributed by atoms with Crippen LogP contribution in [0.3, 0.4) is 0 Å². The fraction of sp³-hybridized carbons (Fsp3) is 0.917. The van der Waals surface area contributed by atoms with Crippen molar-refractivity contribution < 1.29 is 9.53 Å². The highest BCUT2D eigenvalue weighted by Gasteiger charge is 2.38. The second-order valence-electron chi connectivity index (χ2n) is 5.04. The first-order valence-corrected chi connectivity index (χ1v) is 6.66. The summed E-state index contributed by atoms with van der Waals surface area (Å²) in [6.45, 7) is 7.22. The molecule has 1 rings (SSSR count). The number of carbonyl (C=O) groups excluding carboxylic acids is 1.